The monoisotopic (exact) mass is 400 g/mol. The van der Waals surface area contributed by atoms with Crippen molar-refractivity contribution in [2.45, 2.75) is 43.7 Å². The fourth-order valence-electron chi connectivity index (χ4n) is 1.38. The number of rotatable bonds is 5. The van der Waals surface area contributed by atoms with Crippen LogP contribution in [0.4, 0.5) is 52.7 Å². The number of esters is 1. The van der Waals surface area contributed by atoms with E-state index in [1.165, 1.54) is 0 Å². The predicted octanol–water partition coefficient (Wildman–Crippen LogP) is 5.10. The number of hydrogen-bond acceptors (Lipinski definition) is 2. The third-order valence-electron chi connectivity index (χ3n) is 2.76. The lowest BCUT2D eigenvalue weighted by molar-refractivity contribution is -0.387. The molecule has 0 aromatic heterocycles. The van der Waals surface area contributed by atoms with Crippen molar-refractivity contribution in [3.05, 3.63) is 12.2 Å². The van der Waals surface area contributed by atoms with E-state index < -0.39 is 54.2 Å². The van der Waals surface area contributed by atoms with Crippen LogP contribution in [0, 0.1) is 5.92 Å². The molecule has 1 atom stereocenters. The molecule has 0 rings (SSSR count). The summed E-state index contributed by atoms with van der Waals surface area (Å²) in [5, 5.41) is 0. The van der Waals surface area contributed by atoms with E-state index in [0.717, 1.165) is 0 Å². The molecule has 0 N–H and O–H groups in total. The zero-order chi connectivity index (χ0) is 20.6. The molecule has 148 valence electrons. The van der Waals surface area contributed by atoms with E-state index in [1.54, 1.807) is 0 Å². The van der Waals surface area contributed by atoms with Gasteiger partial charge in [-0.2, -0.15) is 48.3 Å². The summed E-state index contributed by atoms with van der Waals surface area (Å²) in [5.41, 5.74) is -7.48. The summed E-state index contributed by atoms with van der Waals surface area (Å²) >= 11 is 0. The van der Waals surface area contributed by atoms with Crippen LogP contribution in [0.1, 0.15) is 13.3 Å². The summed E-state index contributed by atoms with van der Waals surface area (Å²) in [6.07, 6.45) is -30.2. The molecular weight excluding hydrogens is 392 g/mol. The first-order chi connectivity index (χ1) is 10.7. The van der Waals surface area contributed by atoms with Crippen LogP contribution in [-0.2, 0) is 9.53 Å². The van der Waals surface area contributed by atoms with Gasteiger partial charge >= 0.3 is 36.3 Å². The lowest BCUT2D eigenvalue weighted by Gasteiger charge is -2.36. The van der Waals surface area contributed by atoms with E-state index in [-0.39, 0.29) is 0 Å². The quantitative estimate of drug-likeness (QED) is 0.365. The fraction of sp³-hybridized carbons (Fsp3) is 0.727. The summed E-state index contributed by atoms with van der Waals surface area (Å²) in [4.78, 5) is 10.8. The van der Waals surface area contributed by atoms with Gasteiger partial charge in [0.2, 0.25) is 0 Å². The van der Waals surface area contributed by atoms with Crippen LogP contribution in [0.2, 0.25) is 0 Å². The summed E-state index contributed by atoms with van der Waals surface area (Å²) in [6.45, 7) is 3.26. The van der Waals surface area contributed by atoms with Crippen LogP contribution in [-0.4, -0.2) is 36.3 Å². The van der Waals surface area contributed by atoms with Crippen molar-refractivity contribution in [1.29, 1.82) is 0 Å². The molecule has 2 nitrogen and oxygen atoms in total. The second-order valence-electron chi connectivity index (χ2n) is 4.83. The lowest BCUT2D eigenvalue weighted by Crippen LogP contribution is -2.60. The normalized spacial score (nSPS) is 16.6. The molecule has 0 aromatic carbocycles. The van der Waals surface area contributed by atoms with E-state index in [4.69, 9.17) is 0 Å². The van der Waals surface area contributed by atoms with Crippen molar-refractivity contribution in [3.8, 4) is 0 Å². The molecule has 0 spiro atoms. The van der Waals surface area contributed by atoms with Gasteiger partial charge in [0.25, 0.3) is 0 Å². The number of hydrogen-bond donors (Lipinski definition) is 0. The Morgan fingerprint density at radius 1 is 0.880 bits per heavy atom. The first-order valence-electron chi connectivity index (χ1n) is 5.82. The van der Waals surface area contributed by atoms with Gasteiger partial charge in [-0.25, -0.2) is 9.18 Å². The van der Waals surface area contributed by atoms with Crippen LogP contribution < -0.4 is 0 Å². The van der Waals surface area contributed by atoms with E-state index in [0.29, 0.717) is 6.92 Å². The Balaban J connectivity index is 6.15. The molecule has 14 heteroatoms. The maximum Gasteiger partial charge on any atom is 0.444 e. The van der Waals surface area contributed by atoms with Crippen molar-refractivity contribution in [3.63, 3.8) is 0 Å². The van der Waals surface area contributed by atoms with Gasteiger partial charge in [-0.3, -0.25) is 0 Å². The van der Waals surface area contributed by atoms with Gasteiger partial charge in [-0.1, -0.05) is 6.58 Å². The zero-order valence-corrected chi connectivity index (χ0v) is 11.8. The van der Waals surface area contributed by atoms with E-state index in [9.17, 15) is 57.5 Å². The first-order valence-corrected chi connectivity index (χ1v) is 5.82. The first kappa shape index (κ1) is 23.4. The highest BCUT2D eigenvalue weighted by Gasteiger charge is 2.77. The summed E-state index contributed by atoms with van der Waals surface area (Å²) in [6, 6.07) is 0. The van der Waals surface area contributed by atoms with Gasteiger partial charge in [0.05, 0.1) is 0 Å². The standard InChI is InChI=1S/C11H8F12O2/c1-4(2)6(24)25-11(22,23)7(12,10(19,20)21)3-5(8(13,14)15)9(16,17)18/h5H,1,3H2,2H3. The largest absolute Gasteiger partial charge is 0.444 e. The molecular formula is C11H8F12O2. The number of halogens is 12. The van der Waals surface area contributed by atoms with Gasteiger partial charge in [-0.15, -0.1) is 0 Å². The molecule has 0 saturated carbocycles. The van der Waals surface area contributed by atoms with Crippen molar-refractivity contribution in [1.82, 2.24) is 0 Å². The van der Waals surface area contributed by atoms with Gasteiger partial charge in [0.1, 0.15) is 0 Å². The van der Waals surface area contributed by atoms with Crippen molar-refractivity contribution in [2.24, 2.45) is 5.92 Å². The number of carbonyl (C=O) groups is 1. The molecule has 0 aromatic rings. The topological polar surface area (TPSA) is 26.3 Å². The average molecular weight is 400 g/mol. The predicted molar refractivity (Wildman–Crippen MR) is 56.0 cm³/mol. The Labute approximate surface area is 131 Å². The van der Waals surface area contributed by atoms with E-state index >= 15 is 0 Å². The molecule has 25 heavy (non-hydrogen) atoms. The molecule has 0 aliphatic heterocycles. The molecule has 0 radical (unpaired) electrons. The van der Waals surface area contributed by atoms with Gasteiger partial charge in [0, 0.05) is 12.0 Å². The number of alkyl halides is 12. The Morgan fingerprint density at radius 3 is 1.48 bits per heavy atom. The van der Waals surface area contributed by atoms with Crippen molar-refractivity contribution >= 4 is 5.97 Å². The average Bonchev–Trinajstić information content (AvgIpc) is 2.30. The Hall–Kier alpha value is -1.63. The maximum absolute atomic E-state index is 13.8. The molecule has 0 heterocycles. The highest BCUT2D eigenvalue weighted by Crippen LogP contribution is 2.54. The highest BCUT2D eigenvalue weighted by molar-refractivity contribution is 5.87. The third kappa shape index (κ3) is 5.17. The molecule has 1 unspecified atom stereocenters. The lowest BCUT2D eigenvalue weighted by atomic mass is 9.89. The Morgan fingerprint density at radius 2 is 1.24 bits per heavy atom. The summed E-state index contributed by atoms with van der Waals surface area (Å²) < 4.78 is 155. The van der Waals surface area contributed by atoms with Gasteiger partial charge in [-0.05, 0) is 6.92 Å². The molecule has 0 amide bonds. The molecule has 0 aliphatic carbocycles. The summed E-state index contributed by atoms with van der Waals surface area (Å²) in [7, 11) is 0. The molecule has 0 aliphatic rings. The summed E-state index contributed by atoms with van der Waals surface area (Å²) in [5.74, 6) is -7.45. The van der Waals surface area contributed by atoms with Crippen LogP contribution in [0.15, 0.2) is 12.2 Å². The van der Waals surface area contributed by atoms with Crippen LogP contribution in [0.3, 0.4) is 0 Å². The number of carbonyl (C=O) groups excluding carboxylic acids is 1. The van der Waals surface area contributed by atoms with E-state index in [1.807, 2.05) is 0 Å². The maximum atomic E-state index is 13.8. The van der Waals surface area contributed by atoms with Crippen LogP contribution in [0.25, 0.3) is 0 Å². The van der Waals surface area contributed by atoms with Gasteiger partial charge < -0.3 is 4.74 Å². The minimum Gasteiger partial charge on any atom is -0.395 e. The second-order valence-corrected chi connectivity index (χ2v) is 4.83. The smallest absolute Gasteiger partial charge is 0.395 e. The van der Waals surface area contributed by atoms with E-state index in [2.05, 4.69) is 11.3 Å². The Kier molecular flexibility index (Phi) is 6.16. The SMILES string of the molecule is C=C(C)C(=O)OC(F)(F)C(F)(CC(C(F)(F)F)C(F)(F)F)C(F)(F)F. The van der Waals surface area contributed by atoms with Crippen LogP contribution in [0.5, 0.6) is 0 Å². The fourth-order valence-corrected chi connectivity index (χ4v) is 1.38. The highest BCUT2D eigenvalue weighted by atomic mass is 19.4. The molecule has 0 saturated heterocycles. The second kappa shape index (κ2) is 6.59. The van der Waals surface area contributed by atoms with Gasteiger partial charge in [0.15, 0.2) is 5.92 Å². The zero-order valence-electron chi connectivity index (χ0n) is 11.8. The minimum atomic E-state index is -6.94. The third-order valence-corrected chi connectivity index (χ3v) is 2.76. The van der Waals surface area contributed by atoms with Crippen LogP contribution >= 0.6 is 0 Å². The minimum absolute atomic E-state index is 0.611. The van der Waals surface area contributed by atoms with Crippen molar-refractivity contribution in [2.75, 3.05) is 0 Å². The van der Waals surface area contributed by atoms with Crippen molar-refractivity contribution < 1.29 is 62.2 Å². The molecule has 0 bridgehead atoms. The molecule has 0 fully saturated rings. The Bertz CT molecular complexity index is 501. The number of ether oxygens (including phenoxy) is 1.